The van der Waals surface area contributed by atoms with Crippen LogP contribution in [-0.2, 0) is 23.2 Å². The van der Waals surface area contributed by atoms with E-state index in [0.717, 1.165) is 0 Å². The summed E-state index contributed by atoms with van der Waals surface area (Å²) in [5, 5.41) is 0.686. The Morgan fingerprint density at radius 1 is 1.14 bits per heavy atom. The van der Waals surface area contributed by atoms with Gasteiger partial charge in [-0.1, -0.05) is 30.3 Å². The maximum atomic E-state index is 11.4. The standard InChI is InChI=1S/C14H17NO5Si/c1-12(17)19-21(20-13(2)18,10-6-9-15-11-16)14-7-4-3-5-8-14/h3-5,7-8H,6,9-10H2,1-2H3. The zero-order valence-corrected chi connectivity index (χ0v) is 13.0. The van der Waals surface area contributed by atoms with Crippen molar-refractivity contribution < 1.29 is 23.2 Å². The third-order valence-corrected chi connectivity index (χ3v) is 6.13. The zero-order valence-electron chi connectivity index (χ0n) is 12.0. The Morgan fingerprint density at radius 3 is 2.19 bits per heavy atom. The third kappa shape index (κ3) is 5.33. The highest BCUT2D eigenvalue weighted by molar-refractivity contribution is 6.83. The van der Waals surface area contributed by atoms with E-state index in [-0.39, 0.29) is 6.54 Å². The first kappa shape index (κ1) is 16.8. The number of rotatable bonds is 7. The number of nitrogens with zero attached hydrogens (tertiary/aromatic N) is 1. The molecule has 0 saturated carbocycles. The molecule has 0 aliphatic heterocycles. The fourth-order valence-corrected chi connectivity index (χ4v) is 5.00. The summed E-state index contributed by atoms with van der Waals surface area (Å²) in [4.78, 5) is 36.4. The van der Waals surface area contributed by atoms with Crippen molar-refractivity contribution in [2.75, 3.05) is 6.54 Å². The molecule has 0 unspecified atom stereocenters. The number of carbonyl (C=O) groups is 2. The highest BCUT2D eigenvalue weighted by atomic mass is 28.4. The molecule has 21 heavy (non-hydrogen) atoms. The van der Waals surface area contributed by atoms with Gasteiger partial charge in [0.25, 0.3) is 11.9 Å². The van der Waals surface area contributed by atoms with E-state index in [2.05, 4.69) is 4.99 Å². The van der Waals surface area contributed by atoms with Gasteiger partial charge in [0.1, 0.15) is 0 Å². The molecule has 0 aromatic heterocycles. The molecule has 0 aliphatic carbocycles. The predicted octanol–water partition coefficient (Wildman–Crippen LogP) is 1.19. The first-order valence-corrected chi connectivity index (χ1v) is 8.51. The van der Waals surface area contributed by atoms with Crippen LogP contribution in [0.25, 0.3) is 0 Å². The molecule has 0 spiro atoms. The maximum Gasteiger partial charge on any atom is 0.499 e. The van der Waals surface area contributed by atoms with Crippen molar-refractivity contribution in [2.45, 2.75) is 26.3 Å². The largest absolute Gasteiger partial charge is 0.499 e. The highest BCUT2D eigenvalue weighted by Gasteiger charge is 2.45. The van der Waals surface area contributed by atoms with Crippen molar-refractivity contribution in [3.05, 3.63) is 30.3 Å². The minimum Gasteiger partial charge on any atom is -0.482 e. The van der Waals surface area contributed by atoms with Gasteiger partial charge < -0.3 is 8.85 Å². The van der Waals surface area contributed by atoms with Crippen LogP contribution in [0.3, 0.4) is 0 Å². The van der Waals surface area contributed by atoms with Crippen molar-refractivity contribution >= 4 is 31.8 Å². The average Bonchev–Trinajstić information content (AvgIpc) is 2.43. The van der Waals surface area contributed by atoms with Crippen LogP contribution in [0.1, 0.15) is 20.3 Å². The van der Waals surface area contributed by atoms with E-state index in [4.69, 9.17) is 8.85 Å². The molecule has 0 radical (unpaired) electrons. The summed E-state index contributed by atoms with van der Waals surface area (Å²) in [6, 6.07) is 9.26. The van der Waals surface area contributed by atoms with E-state index in [1.54, 1.807) is 24.3 Å². The van der Waals surface area contributed by atoms with Gasteiger partial charge in [-0.3, -0.25) is 9.59 Å². The van der Waals surface area contributed by atoms with E-state index in [9.17, 15) is 14.4 Å². The second kappa shape index (κ2) is 8.14. The SMILES string of the molecule is CC(=O)O[Si](CCCN=C=O)(OC(C)=O)c1ccccc1. The summed E-state index contributed by atoms with van der Waals surface area (Å²) in [6.45, 7) is 2.79. The summed E-state index contributed by atoms with van der Waals surface area (Å²) >= 11 is 0. The summed E-state index contributed by atoms with van der Waals surface area (Å²) in [6.07, 6.45) is 1.91. The zero-order chi connectivity index (χ0) is 15.7. The Bertz CT molecular complexity index is 524. The second-order valence-corrected chi connectivity index (χ2v) is 7.37. The fraction of sp³-hybridized carbons (Fsp3) is 0.357. The number of aliphatic imine (C=N–C) groups is 1. The van der Waals surface area contributed by atoms with Crippen molar-refractivity contribution in [3.8, 4) is 0 Å². The molecule has 0 atom stereocenters. The van der Waals surface area contributed by atoms with Gasteiger partial charge in [-0.2, -0.15) is 0 Å². The number of hydrogen-bond donors (Lipinski definition) is 0. The molecule has 1 rings (SSSR count). The summed E-state index contributed by atoms with van der Waals surface area (Å²) < 4.78 is 10.9. The van der Waals surface area contributed by atoms with Crippen LogP contribution in [-0.4, -0.2) is 33.1 Å². The van der Waals surface area contributed by atoms with Crippen LogP contribution in [0.5, 0.6) is 0 Å². The quantitative estimate of drug-likeness (QED) is 0.327. The first-order valence-electron chi connectivity index (χ1n) is 6.48. The molecule has 0 aliphatic rings. The third-order valence-electron chi connectivity index (χ3n) is 2.67. The molecule has 1 aromatic carbocycles. The van der Waals surface area contributed by atoms with E-state index in [1.165, 1.54) is 19.9 Å². The van der Waals surface area contributed by atoms with Crippen LogP contribution in [0, 0.1) is 0 Å². The van der Waals surface area contributed by atoms with Crippen LogP contribution in [0.4, 0.5) is 0 Å². The van der Waals surface area contributed by atoms with E-state index in [0.29, 0.717) is 17.7 Å². The Morgan fingerprint density at radius 2 is 1.71 bits per heavy atom. The van der Waals surface area contributed by atoms with E-state index in [1.807, 2.05) is 6.07 Å². The minimum absolute atomic E-state index is 0.244. The normalized spacial score (nSPS) is 10.4. The van der Waals surface area contributed by atoms with E-state index < -0.39 is 20.5 Å². The molecule has 7 heteroatoms. The van der Waals surface area contributed by atoms with Crippen molar-refractivity contribution in [3.63, 3.8) is 0 Å². The monoisotopic (exact) mass is 307 g/mol. The van der Waals surface area contributed by atoms with Crippen molar-refractivity contribution in [1.29, 1.82) is 0 Å². The lowest BCUT2D eigenvalue weighted by Gasteiger charge is -2.28. The molecular formula is C14H17NO5Si. The van der Waals surface area contributed by atoms with Gasteiger partial charge in [-0.05, 0) is 6.42 Å². The molecule has 0 bridgehead atoms. The van der Waals surface area contributed by atoms with Gasteiger partial charge in [0.05, 0.1) is 6.54 Å². The lowest BCUT2D eigenvalue weighted by Crippen LogP contribution is -2.55. The van der Waals surface area contributed by atoms with Gasteiger partial charge in [0.2, 0.25) is 6.08 Å². The van der Waals surface area contributed by atoms with Gasteiger partial charge in [-0.25, -0.2) is 9.79 Å². The van der Waals surface area contributed by atoms with Crippen LogP contribution >= 0.6 is 0 Å². The molecule has 0 N–H and O–H groups in total. The van der Waals surface area contributed by atoms with Gasteiger partial charge in [0.15, 0.2) is 0 Å². The Hall–Kier alpha value is -2.24. The average molecular weight is 307 g/mol. The molecule has 0 amide bonds. The molecule has 112 valence electrons. The first-order chi connectivity index (χ1) is 10.00. The highest BCUT2D eigenvalue weighted by Crippen LogP contribution is 2.17. The van der Waals surface area contributed by atoms with E-state index >= 15 is 0 Å². The van der Waals surface area contributed by atoms with Crippen molar-refractivity contribution in [2.24, 2.45) is 4.99 Å². The van der Waals surface area contributed by atoms with Crippen LogP contribution in [0.15, 0.2) is 35.3 Å². The van der Waals surface area contributed by atoms with Crippen LogP contribution in [0.2, 0.25) is 6.04 Å². The second-order valence-electron chi connectivity index (χ2n) is 4.38. The van der Waals surface area contributed by atoms with Gasteiger partial charge in [-0.15, -0.1) is 0 Å². The van der Waals surface area contributed by atoms with Gasteiger partial charge in [0, 0.05) is 25.1 Å². The number of carbonyl (C=O) groups excluding carboxylic acids is 3. The molecular weight excluding hydrogens is 290 g/mol. The van der Waals surface area contributed by atoms with Crippen LogP contribution < -0.4 is 5.19 Å². The Kier molecular flexibility index (Phi) is 6.51. The number of isocyanates is 1. The molecule has 1 aromatic rings. The lowest BCUT2D eigenvalue weighted by molar-refractivity contribution is -0.138. The summed E-state index contributed by atoms with van der Waals surface area (Å²) in [5.41, 5.74) is 0. The molecule has 0 heterocycles. The Balaban J connectivity index is 3.10. The fourth-order valence-electron chi connectivity index (χ4n) is 1.98. The number of hydrogen-bond acceptors (Lipinski definition) is 6. The predicted molar refractivity (Wildman–Crippen MR) is 77.8 cm³/mol. The molecule has 0 fully saturated rings. The van der Waals surface area contributed by atoms with Crippen molar-refractivity contribution in [1.82, 2.24) is 0 Å². The minimum atomic E-state index is -3.24. The summed E-state index contributed by atoms with van der Waals surface area (Å²) in [7, 11) is -3.24. The topological polar surface area (TPSA) is 82.0 Å². The molecule has 6 nitrogen and oxygen atoms in total. The number of benzene rings is 1. The molecule has 0 saturated heterocycles. The van der Waals surface area contributed by atoms with Gasteiger partial charge >= 0.3 is 8.56 Å². The Labute approximate surface area is 124 Å². The lowest BCUT2D eigenvalue weighted by atomic mass is 10.4. The summed E-state index contributed by atoms with van der Waals surface area (Å²) in [5.74, 6) is -1.02. The maximum absolute atomic E-state index is 11.4. The smallest absolute Gasteiger partial charge is 0.482 e.